The molecule has 155 valence electrons. The Morgan fingerprint density at radius 1 is 1.04 bits per heavy atom. The van der Waals surface area contributed by atoms with Crippen molar-refractivity contribution in [3.8, 4) is 0 Å². The van der Waals surface area contributed by atoms with E-state index in [1.807, 2.05) is 18.2 Å². The Kier molecular flexibility index (Phi) is 10.7. The topological polar surface area (TPSA) is 29.1 Å². The number of nitrogens with one attached hydrogen (secondary N) is 1. The van der Waals surface area contributed by atoms with Crippen LogP contribution in [-0.2, 0) is 26.6 Å². The summed E-state index contributed by atoms with van der Waals surface area (Å²) in [5.41, 5.74) is 6.38. The van der Waals surface area contributed by atoms with Gasteiger partial charge in [-0.2, -0.15) is 0 Å². The van der Waals surface area contributed by atoms with Crippen molar-refractivity contribution < 1.29 is 50.8 Å². The van der Waals surface area contributed by atoms with Crippen molar-refractivity contribution in [1.29, 1.82) is 0 Å². The largest absolute Gasteiger partial charge is 1.00 e. The molecule has 1 aromatic rings. The third-order valence-corrected chi connectivity index (χ3v) is 22.7. The second-order valence-electron chi connectivity index (χ2n) is 8.89. The molecule has 0 heterocycles. The zero-order valence-corrected chi connectivity index (χ0v) is 23.8. The fourth-order valence-corrected chi connectivity index (χ4v) is 19.4. The van der Waals surface area contributed by atoms with Gasteiger partial charge in [0.05, 0.1) is 0 Å². The Morgan fingerprint density at radius 3 is 2.00 bits per heavy atom. The first kappa shape index (κ1) is 27.8. The maximum atomic E-state index is 13.3. The van der Waals surface area contributed by atoms with Crippen LogP contribution in [0.1, 0.15) is 64.4 Å². The number of carbonyl (C=O) groups is 1. The van der Waals surface area contributed by atoms with Crippen LogP contribution in [-0.4, -0.2) is 11.8 Å². The van der Waals surface area contributed by atoms with Gasteiger partial charge >= 0.3 is 169 Å². The fraction of sp³-hybridized carbons (Fsp3) is 0.500. The molecule has 1 unspecified atom stereocenters. The Balaban J connectivity index is 0.00000364. The molecule has 0 fully saturated rings. The molecular formula is C22H34Cl2NOSiZr. The number of hydrogen-bond donors (Lipinski definition) is 1. The summed E-state index contributed by atoms with van der Waals surface area (Å²) < 4.78 is 5.25. The average molecular weight is 519 g/mol. The minimum Gasteiger partial charge on any atom is -1.00 e. The first-order chi connectivity index (χ1) is 12.0. The van der Waals surface area contributed by atoms with Gasteiger partial charge in [-0.3, -0.25) is 0 Å². The van der Waals surface area contributed by atoms with Crippen molar-refractivity contribution in [1.82, 2.24) is 3.26 Å². The molecule has 1 N–H and O–H groups in total. The van der Waals surface area contributed by atoms with Crippen molar-refractivity contribution in [2.75, 3.05) is 0 Å². The van der Waals surface area contributed by atoms with E-state index in [-0.39, 0.29) is 36.1 Å². The molecule has 28 heavy (non-hydrogen) atoms. The molecule has 6 heteroatoms. The molecule has 0 saturated heterocycles. The monoisotopic (exact) mass is 516 g/mol. The van der Waals surface area contributed by atoms with Crippen LogP contribution < -0.4 is 28.1 Å². The molecule has 1 atom stereocenters. The van der Waals surface area contributed by atoms with Crippen molar-refractivity contribution >= 4 is 11.8 Å². The van der Waals surface area contributed by atoms with E-state index in [9.17, 15) is 4.79 Å². The van der Waals surface area contributed by atoms with E-state index in [0.29, 0.717) is 5.92 Å². The van der Waals surface area contributed by atoms with Gasteiger partial charge in [-0.15, -0.1) is 0 Å². The van der Waals surface area contributed by atoms with Gasteiger partial charge < -0.3 is 24.8 Å². The number of hydrogen-bond acceptors (Lipinski definition) is 1. The average Bonchev–Trinajstić information content (AvgIpc) is 2.75. The van der Waals surface area contributed by atoms with Crippen molar-refractivity contribution in [2.45, 2.75) is 67.0 Å². The minimum absolute atomic E-state index is 0. The molecule has 0 bridgehead atoms. The molecule has 0 radical (unpaired) electrons. The number of benzene rings is 1. The predicted octanol–water partition coefficient (Wildman–Crippen LogP) is -0.501. The van der Waals surface area contributed by atoms with Crippen molar-refractivity contribution in [3.63, 3.8) is 0 Å². The molecule has 0 spiro atoms. The van der Waals surface area contributed by atoms with Gasteiger partial charge in [-0.25, -0.2) is 0 Å². The summed E-state index contributed by atoms with van der Waals surface area (Å²) in [5, 5.41) is 0. The summed E-state index contributed by atoms with van der Waals surface area (Å²) >= 11 is -2.17. The number of carbonyl (C=O) groups excluding carboxylic acids is 1. The van der Waals surface area contributed by atoms with E-state index in [2.05, 4.69) is 70.9 Å². The molecule has 0 aromatic heterocycles. The van der Waals surface area contributed by atoms with Gasteiger partial charge in [-0.05, 0) is 0 Å². The molecule has 2 nitrogen and oxygen atoms in total. The van der Waals surface area contributed by atoms with E-state index in [4.69, 9.17) is 0 Å². The maximum absolute atomic E-state index is 13.3. The molecule has 0 saturated carbocycles. The SMILES string of the molecule is CC1=C(C)C(C)[C]([Zr+2]([NH]C(=O)c2ccccc2C(C)(C)C)[SiH](C)C)=C1C.[Cl-].[Cl-]. The number of rotatable bonds is 4. The standard InChI is InChI=1S/C11H15NO.C9H13.C2H7Si.2ClH.Zr/c1-11(2,3)9-7-5-4-6-8(9)10(12)13;1-6-5-7(2)9(4)8(6)3;1-3-2;;;/h4-7H,1-3H3,(H2,12,13);6H,1-4H3;3H,1-2H3;2*1H;/q;;;;;+3/p-3. The summed E-state index contributed by atoms with van der Waals surface area (Å²) in [6, 6.07) is 8.12. The quantitative estimate of drug-likeness (QED) is 0.535. The van der Waals surface area contributed by atoms with Gasteiger partial charge in [0.15, 0.2) is 0 Å². The normalized spacial score (nSPS) is 16.7. The van der Waals surface area contributed by atoms with Crippen LogP contribution in [0.25, 0.3) is 0 Å². The second kappa shape index (κ2) is 10.8. The van der Waals surface area contributed by atoms with Crippen LogP contribution in [0.3, 0.4) is 0 Å². The smallest absolute Gasteiger partial charge is 1.00 e. The molecule has 1 aliphatic carbocycles. The van der Waals surface area contributed by atoms with E-state index in [1.54, 1.807) is 3.28 Å². The molecule has 2 rings (SSSR count). The first-order valence-corrected chi connectivity index (χ1v) is 19.2. The third kappa shape index (κ3) is 5.72. The van der Waals surface area contributed by atoms with Gasteiger partial charge in [0.25, 0.3) is 0 Å². The maximum Gasteiger partial charge on any atom is -1.00 e. The fourth-order valence-electron chi connectivity index (χ4n) is 3.85. The third-order valence-electron chi connectivity index (χ3n) is 5.74. The van der Waals surface area contributed by atoms with Crippen LogP contribution in [0.4, 0.5) is 0 Å². The van der Waals surface area contributed by atoms with E-state index >= 15 is 0 Å². The minimum atomic E-state index is -2.17. The first-order valence-electron chi connectivity index (χ1n) is 9.63. The van der Waals surface area contributed by atoms with Crippen molar-refractivity contribution in [3.05, 3.63) is 55.4 Å². The summed E-state index contributed by atoms with van der Waals surface area (Å²) in [5.74, 6) is -0.262. The van der Waals surface area contributed by atoms with Gasteiger partial charge in [-0.1, -0.05) is 0 Å². The molecular weight excluding hydrogens is 484 g/mol. The number of amides is 1. The van der Waals surface area contributed by atoms with Crippen LogP contribution in [0.5, 0.6) is 0 Å². The summed E-state index contributed by atoms with van der Waals surface area (Å²) in [7, 11) is 0. The molecule has 0 aliphatic heterocycles. The van der Waals surface area contributed by atoms with E-state index < -0.39 is 27.1 Å². The number of allylic oxidation sites excluding steroid dienone is 4. The van der Waals surface area contributed by atoms with Gasteiger partial charge in [0.2, 0.25) is 0 Å². The van der Waals surface area contributed by atoms with E-state index in [0.717, 1.165) is 11.1 Å². The van der Waals surface area contributed by atoms with Gasteiger partial charge in [0, 0.05) is 0 Å². The zero-order chi connectivity index (χ0) is 19.8. The Morgan fingerprint density at radius 2 is 1.57 bits per heavy atom. The van der Waals surface area contributed by atoms with Crippen LogP contribution in [0.15, 0.2) is 44.3 Å². The second-order valence-corrected chi connectivity index (χ2v) is 27.1. The Bertz CT molecular complexity index is 781. The Labute approximate surface area is 193 Å². The molecule has 1 aliphatic rings. The summed E-state index contributed by atoms with van der Waals surface area (Å²) in [6.07, 6.45) is 0. The molecule has 1 aromatic carbocycles. The predicted molar refractivity (Wildman–Crippen MR) is 112 cm³/mol. The Hall–Kier alpha value is -0.150. The molecule has 1 amide bonds. The number of halogens is 2. The van der Waals surface area contributed by atoms with Gasteiger partial charge in [0.1, 0.15) is 0 Å². The summed E-state index contributed by atoms with van der Waals surface area (Å²) in [4.78, 5) is 13.3. The summed E-state index contributed by atoms with van der Waals surface area (Å²) in [6.45, 7) is 20.5. The van der Waals surface area contributed by atoms with E-state index in [1.165, 1.54) is 16.7 Å². The van der Waals surface area contributed by atoms with Crippen molar-refractivity contribution in [2.24, 2.45) is 5.92 Å². The van der Waals surface area contributed by atoms with Crippen LogP contribution >= 0.6 is 0 Å². The van der Waals surface area contributed by atoms with Crippen LogP contribution in [0.2, 0.25) is 13.1 Å². The zero-order valence-electron chi connectivity index (χ0n) is 18.6. The van der Waals surface area contributed by atoms with Crippen LogP contribution in [0, 0.1) is 5.92 Å².